The van der Waals surface area contributed by atoms with Crippen LogP contribution >= 0.6 is 0 Å². The first kappa shape index (κ1) is 15.4. The van der Waals surface area contributed by atoms with E-state index in [1.807, 2.05) is 45.0 Å². The maximum absolute atomic E-state index is 5.43. The fourth-order valence-corrected chi connectivity index (χ4v) is 0.566. The molecule has 0 radical (unpaired) electrons. The highest BCUT2D eigenvalue weighted by atomic mass is 14.5. The Balaban J connectivity index is 0. The maximum Gasteiger partial charge on any atom is 0.0314 e. The number of anilines is 1. The van der Waals surface area contributed by atoms with E-state index < -0.39 is 0 Å². The van der Waals surface area contributed by atoms with Crippen molar-refractivity contribution in [3.05, 3.63) is 29.8 Å². The molecule has 1 aromatic rings. The van der Waals surface area contributed by atoms with Gasteiger partial charge in [0.05, 0.1) is 0 Å². The van der Waals surface area contributed by atoms with Crippen molar-refractivity contribution in [2.75, 3.05) is 18.8 Å². The molecule has 0 aliphatic rings. The quantitative estimate of drug-likeness (QED) is 0.552. The van der Waals surface area contributed by atoms with E-state index in [4.69, 9.17) is 17.2 Å². The lowest BCUT2D eigenvalue weighted by Gasteiger charge is -1.90. The van der Waals surface area contributed by atoms with E-state index >= 15 is 0 Å². The number of aryl methyl sites for hydroxylation is 1. The van der Waals surface area contributed by atoms with Crippen molar-refractivity contribution < 1.29 is 0 Å². The lowest BCUT2D eigenvalue weighted by Crippen LogP contribution is -1.87. The standard InChI is InChI=1S/C7H9N.2C2H7N/c1-6-2-4-7(8)5-3-6;2*1-2-3/h2-5H,8H2,1H3;2*2-3H2,1H3. The van der Waals surface area contributed by atoms with Crippen molar-refractivity contribution in [1.29, 1.82) is 0 Å². The van der Waals surface area contributed by atoms with Crippen molar-refractivity contribution in [1.82, 2.24) is 0 Å². The topological polar surface area (TPSA) is 78.1 Å². The molecule has 0 heterocycles. The molecule has 0 spiro atoms. The second-order valence-electron chi connectivity index (χ2n) is 2.73. The van der Waals surface area contributed by atoms with Gasteiger partial charge < -0.3 is 17.2 Å². The number of nitrogens with two attached hydrogens (primary N) is 3. The Morgan fingerprint density at radius 3 is 1.43 bits per heavy atom. The molecule has 0 aliphatic heterocycles. The van der Waals surface area contributed by atoms with Gasteiger partial charge >= 0.3 is 0 Å². The van der Waals surface area contributed by atoms with Gasteiger partial charge in [-0.15, -0.1) is 0 Å². The minimum absolute atomic E-state index is 0.750. The van der Waals surface area contributed by atoms with E-state index in [-0.39, 0.29) is 0 Å². The SMILES string of the molecule is CCN.CCN.Cc1ccc(N)cc1. The Morgan fingerprint density at radius 2 is 1.21 bits per heavy atom. The molecular formula is C11H23N3. The summed E-state index contributed by atoms with van der Waals surface area (Å²) in [4.78, 5) is 0. The predicted molar refractivity (Wildman–Crippen MR) is 65.0 cm³/mol. The molecule has 0 fully saturated rings. The number of hydrogen-bond acceptors (Lipinski definition) is 3. The number of hydrogen-bond donors (Lipinski definition) is 3. The third-order valence-corrected chi connectivity index (χ3v) is 1.08. The summed E-state index contributed by atoms with van der Waals surface area (Å²) in [5.41, 5.74) is 17.2. The van der Waals surface area contributed by atoms with Gasteiger partial charge in [0.2, 0.25) is 0 Å². The summed E-state index contributed by atoms with van der Waals surface area (Å²) in [7, 11) is 0. The molecule has 0 saturated heterocycles. The van der Waals surface area contributed by atoms with E-state index in [1.165, 1.54) is 5.56 Å². The third kappa shape index (κ3) is 13.5. The second-order valence-corrected chi connectivity index (χ2v) is 2.73. The Kier molecular flexibility index (Phi) is 13.1. The van der Waals surface area contributed by atoms with Crippen molar-refractivity contribution in [2.24, 2.45) is 11.5 Å². The Labute approximate surface area is 87.3 Å². The molecule has 0 aromatic heterocycles. The molecule has 0 unspecified atom stereocenters. The number of nitrogen functional groups attached to an aromatic ring is 1. The van der Waals surface area contributed by atoms with Crippen molar-refractivity contribution in [3.63, 3.8) is 0 Å². The van der Waals surface area contributed by atoms with E-state index in [1.54, 1.807) is 0 Å². The largest absolute Gasteiger partial charge is 0.399 e. The summed E-state index contributed by atoms with van der Waals surface area (Å²) < 4.78 is 0. The summed E-state index contributed by atoms with van der Waals surface area (Å²) in [5, 5.41) is 0. The zero-order valence-corrected chi connectivity index (χ0v) is 9.46. The lowest BCUT2D eigenvalue weighted by atomic mass is 10.2. The molecule has 82 valence electrons. The van der Waals surface area contributed by atoms with Gasteiger partial charge in [0.25, 0.3) is 0 Å². The first-order valence-corrected chi connectivity index (χ1v) is 4.84. The molecule has 1 aromatic carbocycles. The molecule has 0 amide bonds. The first-order valence-electron chi connectivity index (χ1n) is 4.84. The normalized spacial score (nSPS) is 7.79. The molecule has 0 saturated carbocycles. The molecule has 1 rings (SSSR count). The lowest BCUT2D eigenvalue weighted by molar-refractivity contribution is 1.14. The van der Waals surface area contributed by atoms with Crippen LogP contribution in [0.3, 0.4) is 0 Å². The summed E-state index contributed by atoms with van der Waals surface area (Å²) in [6.07, 6.45) is 0. The van der Waals surface area contributed by atoms with Gasteiger partial charge in [-0.2, -0.15) is 0 Å². The molecule has 0 aliphatic carbocycles. The van der Waals surface area contributed by atoms with Crippen LogP contribution in [-0.2, 0) is 0 Å². The van der Waals surface area contributed by atoms with Crippen LogP contribution in [0.5, 0.6) is 0 Å². The molecule has 3 nitrogen and oxygen atoms in total. The van der Waals surface area contributed by atoms with Crippen LogP contribution in [0.4, 0.5) is 5.69 Å². The first-order chi connectivity index (χ1) is 6.62. The van der Waals surface area contributed by atoms with Gasteiger partial charge in [-0.05, 0) is 32.1 Å². The van der Waals surface area contributed by atoms with Crippen molar-refractivity contribution in [3.8, 4) is 0 Å². The van der Waals surface area contributed by atoms with E-state index in [9.17, 15) is 0 Å². The van der Waals surface area contributed by atoms with Crippen LogP contribution in [0.25, 0.3) is 0 Å². The third-order valence-electron chi connectivity index (χ3n) is 1.08. The summed E-state index contributed by atoms with van der Waals surface area (Å²) in [6, 6.07) is 7.79. The average Bonchev–Trinajstić information content (AvgIpc) is 2.13. The maximum atomic E-state index is 5.43. The molecule has 0 bridgehead atoms. The Hall–Kier alpha value is -1.06. The van der Waals surface area contributed by atoms with Crippen molar-refractivity contribution >= 4 is 5.69 Å². The predicted octanol–water partition coefficient (Wildman–Crippen LogP) is 1.51. The summed E-state index contributed by atoms with van der Waals surface area (Å²) >= 11 is 0. The van der Waals surface area contributed by atoms with Gasteiger partial charge in [-0.25, -0.2) is 0 Å². The second kappa shape index (κ2) is 11.9. The Bertz CT molecular complexity index is 171. The van der Waals surface area contributed by atoms with Gasteiger partial charge in [0.1, 0.15) is 0 Å². The highest BCUT2D eigenvalue weighted by Gasteiger charge is 1.80. The molecule has 0 atom stereocenters. The molecule has 3 heteroatoms. The highest BCUT2D eigenvalue weighted by molar-refractivity contribution is 5.38. The van der Waals surface area contributed by atoms with E-state index in [0.29, 0.717) is 0 Å². The van der Waals surface area contributed by atoms with Gasteiger partial charge in [0.15, 0.2) is 0 Å². The van der Waals surface area contributed by atoms with Gasteiger partial charge in [0, 0.05) is 5.69 Å². The number of benzene rings is 1. The van der Waals surface area contributed by atoms with E-state index in [0.717, 1.165) is 18.8 Å². The van der Waals surface area contributed by atoms with Crippen LogP contribution in [0.2, 0.25) is 0 Å². The van der Waals surface area contributed by atoms with Gasteiger partial charge in [-0.1, -0.05) is 31.5 Å². The number of rotatable bonds is 0. The summed E-state index contributed by atoms with van der Waals surface area (Å²) in [5.74, 6) is 0. The van der Waals surface area contributed by atoms with Crippen LogP contribution in [0.1, 0.15) is 19.4 Å². The minimum Gasteiger partial charge on any atom is -0.399 e. The van der Waals surface area contributed by atoms with Crippen LogP contribution < -0.4 is 17.2 Å². The zero-order chi connectivity index (χ0) is 11.4. The monoisotopic (exact) mass is 197 g/mol. The molecular weight excluding hydrogens is 174 g/mol. The van der Waals surface area contributed by atoms with Crippen LogP contribution in [0, 0.1) is 6.92 Å². The summed E-state index contributed by atoms with van der Waals surface area (Å²) in [6.45, 7) is 7.35. The fraction of sp³-hybridized carbons (Fsp3) is 0.455. The van der Waals surface area contributed by atoms with Gasteiger partial charge in [-0.3, -0.25) is 0 Å². The van der Waals surface area contributed by atoms with E-state index in [2.05, 4.69) is 0 Å². The Morgan fingerprint density at radius 1 is 0.929 bits per heavy atom. The smallest absolute Gasteiger partial charge is 0.0314 e. The van der Waals surface area contributed by atoms with Crippen LogP contribution in [0.15, 0.2) is 24.3 Å². The minimum atomic E-state index is 0.750. The molecule has 14 heavy (non-hydrogen) atoms. The average molecular weight is 197 g/mol. The highest BCUT2D eigenvalue weighted by Crippen LogP contribution is 2.02. The fourth-order valence-electron chi connectivity index (χ4n) is 0.566. The van der Waals surface area contributed by atoms with Crippen molar-refractivity contribution in [2.45, 2.75) is 20.8 Å². The zero-order valence-electron chi connectivity index (χ0n) is 9.46. The molecule has 6 N–H and O–H groups in total. The van der Waals surface area contributed by atoms with Crippen LogP contribution in [-0.4, -0.2) is 13.1 Å².